The summed E-state index contributed by atoms with van der Waals surface area (Å²) >= 11 is 0. The highest BCUT2D eigenvalue weighted by atomic mass is 16.5. The van der Waals surface area contributed by atoms with Crippen LogP contribution in [-0.4, -0.2) is 24.8 Å². The maximum Gasteiger partial charge on any atom is 0.0597 e. The average Bonchev–Trinajstić information content (AvgIpc) is 2.74. The van der Waals surface area contributed by atoms with Crippen molar-refractivity contribution in [2.24, 2.45) is 23.7 Å². The molecule has 2 heteroatoms. The lowest BCUT2D eigenvalue weighted by Crippen LogP contribution is -2.48. The molecular weight excluding hydrogens is 258 g/mol. The molecule has 1 aliphatic carbocycles. The third-order valence-corrected chi connectivity index (χ3v) is 6.34. The van der Waals surface area contributed by atoms with Gasteiger partial charge in [0, 0.05) is 12.0 Å². The molecule has 0 aromatic carbocycles. The van der Waals surface area contributed by atoms with Crippen molar-refractivity contribution in [1.82, 2.24) is 5.32 Å². The van der Waals surface area contributed by atoms with Crippen LogP contribution in [0.1, 0.15) is 73.1 Å². The Morgan fingerprint density at radius 2 is 1.67 bits per heavy atom. The van der Waals surface area contributed by atoms with E-state index in [1.807, 2.05) is 0 Å². The van der Waals surface area contributed by atoms with E-state index in [-0.39, 0.29) is 0 Å². The number of hydrogen-bond donors (Lipinski definition) is 1. The first kappa shape index (κ1) is 17.3. The van der Waals surface area contributed by atoms with Gasteiger partial charge in [0.1, 0.15) is 0 Å². The van der Waals surface area contributed by atoms with Crippen LogP contribution in [0.25, 0.3) is 0 Å². The minimum Gasteiger partial charge on any atom is -0.375 e. The fourth-order valence-corrected chi connectivity index (χ4v) is 4.80. The Labute approximate surface area is 132 Å². The molecule has 1 saturated heterocycles. The molecule has 0 bridgehead atoms. The van der Waals surface area contributed by atoms with Gasteiger partial charge in [0.2, 0.25) is 0 Å². The molecule has 0 aromatic heterocycles. The molecular formula is C19H37NO. The molecule has 5 unspecified atom stereocenters. The smallest absolute Gasteiger partial charge is 0.0597 e. The fraction of sp³-hybridized carbons (Fsp3) is 1.00. The SMILES string of the molecule is CCCNC(C1CCC(CC)CC1)C1C(C)OC(C)C1C. The molecule has 0 spiro atoms. The van der Waals surface area contributed by atoms with Gasteiger partial charge in [-0.25, -0.2) is 0 Å². The summed E-state index contributed by atoms with van der Waals surface area (Å²) < 4.78 is 6.14. The van der Waals surface area contributed by atoms with Crippen molar-refractivity contribution in [1.29, 1.82) is 0 Å². The van der Waals surface area contributed by atoms with E-state index < -0.39 is 0 Å². The van der Waals surface area contributed by atoms with Crippen molar-refractivity contribution in [2.45, 2.75) is 91.4 Å². The van der Waals surface area contributed by atoms with Crippen LogP contribution < -0.4 is 5.32 Å². The lowest BCUT2D eigenvalue weighted by Gasteiger charge is -2.39. The van der Waals surface area contributed by atoms with E-state index in [0.29, 0.717) is 30.1 Å². The molecule has 2 aliphatic rings. The molecule has 0 aromatic rings. The van der Waals surface area contributed by atoms with Crippen molar-refractivity contribution in [3.63, 3.8) is 0 Å². The van der Waals surface area contributed by atoms with Gasteiger partial charge in [-0.2, -0.15) is 0 Å². The molecule has 2 fully saturated rings. The highest BCUT2D eigenvalue weighted by Crippen LogP contribution is 2.41. The fourth-order valence-electron chi connectivity index (χ4n) is 4.80. The second-order valence-corrected chi connectivity index (χ2v) is 7.65. The molecule has 0 radical (unpaired) electrons. The summed E-state index contributed by atoms with van der Waals surface area (Å²) in [4.78, 5) is 0. The molecule has 1 N–H and O–H groups in total. The van der Waals surface area contributed by atoms with Gasteiger partial charge in [0.05, 0.1) is 12.2 Å². The first-order chi connectivity index (χ1) is 10.1. The Kier molecular flexibility index (Phi) is 6.55. The van der Waals surface area contributed by atoms with Gasteiger partial charge in [-0.05, 0) is 57.4 Å². The predicted molar refractivity (Wildman–Crippen MR) is 90.5 cm³/mol. The van der Waals surface area contributed by atoms with Gasteiger partial charge in [-0.3, -0.25) is 0 Å². The highest BCUT2D eigenvalue weighted by Gasteiger charge is 2.44. The van der Waals surface area contributed by atoms with E-state index in [0.717, 1.165) is 18.4 Å². The van der Waals surface area contributed by atoms with Gasteiger partial charge in [0.15, 0.2) is 0 Å². The normalized spacial score (nSPS) is 42.1. The van der Waals surface area contributed by atoms with Crippen LogP contribution in [0.3, 0.4) is 0 Å². The largest absolute Gasteiger partial charge is 0.375 e. The summed E-state index contributed by atoms with van der Waals surface area (Å²) in [5, 5.41) is 3.92. The Balaban J connectivity index is 2.04. The monoisotopic (exact) mass is 295 g/mol. The maximum absolute atomic E-state index is 6.14. The summed E-state index contributed by atoms with van der Waals surface area (Å²) in [7, 11) is 0. The zero-order valence-corrected chi connectivity index (χ0v) is 14.9. The second-order valence-electron chi connectivity index (χ2n) is 7.65. The van der Waals surface area contributed by atoms with Crippen LogP contribution in [0, 0.1) is 23.7 Å². The van der Waals surface area contributed by atoms with Crippen LogP contribution in [0.5, 0.6) is 0 Å². The maximum atomic E-state index is 6.14. The Morgan fingerprint density at radius 3 is 2.14 bits per heavy atom. The number of ether oxygens (including phenoxy) is 1. The third-order valence-electron chi connectivity index (χ3n) is 6.34. The van der Waals surface area contributed by atoms with Crippen LogP contribution >= 0.6 is 0 Å². The minimum absolute atomic E-state index is 0.410. The first-order valence-corrected chi connectivity index (χ1v) is 9.47. The Morgan fingerprint density at radius 1 is 1.00 bits per heavy atom. The van der Waals surface area contributed by atoms with Gasteiger partial charge >= 0.3 is 0 Å². The van der Waals surface area contributed by atoms with Gasteiger partial charge in [0.25, 0.3) is 0 Å². The summed E-state index contributed by atoms with van der Waals surface area (Å²) in [6, 6.07) is 0.665. The van der Waals surface area contributed by atoms with E-state index in [4.69, 9.17) is 4.74 Å². The van der Waals surface area contributed by atoms with Gasteiger partial charge < -0.3 is 10.1 Å². The van der Waals surface area contributed by atoms with E-state index in [2.05, 4.69) is 39.9 Å². The summed E-state index contributed by atoms with van der Waals surface area (Å²) in [5.41, 5.74) is 0. The lowest BCUT2D eigenvalue weighted by molar-refractivity contribution is 0.0418. The van der Waals surface area contributed by atoms with Crippen molar-refractivity contribution in [3.05, 3.63) is 0 Å². The van der Waals surface area contributed by atoms with Crippen molar-refractivity contribution in [3.8, 4) is 0 Å². The average molecular weight is 296 g/mol. The van der Waals surface area contributed by atoms with Crippen molar-refractivity contribution >= 4 is 0 Å². The Bertz CT molecular complexity index is 298. The van der Waals surface area contributed by atoms with Gasteiger partial charge in [-0.1, -0.05) is 40.0 Å². The lowest BCUT2D eigenvalue weighted by atomic mass is 9.70. The van der Waals surface area contributed by atoms with Crippen molar-refractivity contribution < 1.29 is 4.74 Å². The molecule has 1 heterocycles. The summed E-state index contributed by atoms with van der Waals surface area (Å²) in [6.07, 6.45) is 9.16. The van der Waals surface area contributed by atoms with Crippen molar-refractivity contribution in [2.75, 3.05) is 6.54 Å². The van der Waals surface area contributed by atoms with Crippen LogP contribution in [0.15, 0.2) is 0 Å². The Hall–Kier alpha value is -0.0800. The quantitative estimate of drug-likeness (QED) is 0.771. The topological polar surface area (TPSA) is 21.3 Å². The van der Waals surface area contributed by atoms with E-state index in [9.17, 15) is 0 Å². The van der Waals surface area contributed by atoms with Crippen LogP contribution in [0.2, 0.25) is 0 Å². The standard InChI is InChI=1S/C19H37NO/c1-6-12-20-19(17-10-8-16(7-2)9-11-17)18-13(3)14(4)21-15(18)5/h13-20H,6-12H2,1-5H3. The van der Waals surface area contributed by atoms with Crippen LogP contribution in [-0.2, 0) is 4.74 Å². The van der Waals surface area contributed by atoms with E-state index in [1.54, 1.807) is 0 Å². The first-order valence-electron chi connectivity index (χ1n) is 9.47. The number of rotatable bonds is 6. The molecule has 21 heavy (non-hydrogen) atoms. The molecule has 2 nitrogen and oxygen atoms in total. The zero-order valence-electron chi connectivity index (χ0n) is 14.9. The number of hydrogen-bond acceptors (Lipinski definition) is 2. The van der Waals surface area contributed by atoms with Gasteiger partial charge in [-0.15, -0.1) is 0 Å². The molecule has 124 valence electrons. The highest BCUT2D eigenvalue weighted by molar-refractivity contribution is 4.95. The zero-order chi connectivity index (χ0) is 15.4. The summed E-state index contributed by atoms with van der Waals surface area (Å²) in [6.45, 7) is 12.7. The minimum atomic E-state index is 0.410. The second kappa shape index (κ2) is 7.97. The molecule has 5 atom stereocenters. The molecule has 0 amide bonds. The predicted octanol–water partition coefficient (Wildman–Crippen LogP) is 4.63. The van der Waals surface area contributed by atoms with Crippen LogP contribution in [0.4, 0.5) is 0 Å². The molecule has 1 saturated carbocycles. The summed E-state index contributed by atoms with van der Waals surface area (Å²) in [5.74, 6) is 3.22. The number of nitrogens with one attached hydrogen (secondary N) is 1. The third kappa shape index (κ3) is 4.01. The van der Waals surface area contributed by atoms with E-state index >= 15 is 0 Å². The molecule has 2 rings (SSSR count). The van der Waals surface area contributed by atoms with E-state index in [1.165, 1.54) is 38.5 Å². The molecule has 1 aliphatic heterocycles.